The molecule has 3 aromatic rings. The van der Waals surface area contributed by atoms with Gasteiger partial charge in [0.15, 0.2) is 0 Å². The minimum atomic E-state index is -0.539. The topological polar surface area (TPSA) is 74.5 Å². The summed E-state index contributed by atoms with van der Waals surface area (Å²) in [7, 11) is 0. The average Bonchev–Trinajstić information content (AvgIpc) is 2.63. The number of rotatable bonds is 6. The largest absolute Gasteiger partial charge is 0.489 e. The van der Waals surface area contributed by atoms with Crippen LogP contribution in [0, 0.1) is 10.1 Å². The Morgan fingerprint density at radius 1 is 1.04 bits per heavy atom. The lowest BCUT2D eigenvalue weighted by Crippen LogP contribution is -1.97. The molecular weight excluding hydrogens is 388 g/mol. The second kappa shape index (κ2) is 7.76. The van der Waals surface area contributed by atoms with Gasteiger partial charge >= 0.3 is 5.69 Å². The van der Waals surface area contributed by atoms with Crippen LogP contribution in [0.15, 0.2) is 71.5 Å². The highest BCUT2D eigenvalue weighted by Gasteiger charge is 2.19. The lowest BCUT2D eigenvalue weighted by Gasteiger charge is -2.10. The summed E-state index contributed by atoms with van der Waals surface area (Å²) in [5.41, 5.74) is 0.825. The molecule has 0 amide bonds. The van der Waals surface area contributed by atoms with E-state index < -0.39 is 4.92 Å². The number of nitro groups is 1. The maximum absolute atomic E-state index is 11.1. The predicted molar refractivity (Wildman–Crippen MR) is 95.9 cm³/mol. The number of halogens is 1. The van der Waals surface area contributed by atoms with Crippen LogP contribution < -0.4 is 9.47 Å². The van der Waals surface area contributed by atoms with E-state index in [1.165, 1.54) is 6.20 Å². The highest BCUT2D eigenvalue weighted by molar-refractivity contribution is 9.10. The number of hydrogen-bond donors (Lipinski definition) is 0. The standard InChI is InChI=1S/C18H13BrN2O4/c19-16-10-20-11-17(21(22)23)18(16)25-15-8-4-7-14(9-15)24-12-13-5-2-1-3-6-13/h1-11H,12H2. The maximum atomic E-state index is 11.1. The maximum Gasteiger partial charge on any atom is 0.330 e. The number of nitrogens with zero attached hydrogens (tertiary/aromatic N) is 2. The highest BCUT2D eigenvalue weighted by atomic mass is 79.9. The van der Waals surface area contributed by atoms with Gasteiger partial charge < -0.3 is 9.47 Å². The summed E-state index contributed by atoms with van der Waals surface area (Å²) < 4.78 is 11.8. The van der Waals surface area contributed by atoms with Gasteiger partial charge in [-0.25, -0.2) is 0 Å². The number of hydrogen-bond acceptors (Lipinski definition) is 5. The molecule has 0 aliphatic heterocycles. The van der Waals surface area contributed by atoms with Crippen molar-refractivity contribution in [2.24, 2.45) is 0 Å². The molecule has 0 bridgehead atoms. The molecule has 2 aromatic carbocycles. The van der Waals surface area contributed by atoms with E-state index in [9.17, 15) is 10.1 Å². The van der Waals surface area contributed by atoms with Crippen LogP contribution in [0.4, 0.5) is 5.69 Å². The lowest BCUT2D eigenvalue weighted by molar-refractivity contribution is -0.386. The van der Waals surface area contributed by atoms with Crippen molar-refractivity contribution in [3.63, 3.8) is 0 Å². The normalized spacial score (nSPS) is 10.3. The molecule has 0 N–H and O–H groups in total. The summed E-state index contributed by atoms with van der Waals surface area (Å²) in [4.78, 5) is 14.4. The molecule has 0 aliphatic rings. The molecule has 0 spiro atoms. The van der Waals surface area contributed by atoms with Crippen LogP contribution in [-0.2, 0) is 6.61 Å². The third-order valence-corrected chi connectivity index (χ3v) is 3.87. The first-order valence-electron chi connectivity index (χ1n) is 7.36. The van der Waals surface area contributed by atoms with Crippen LogP contribution in [0.3, 0.4) is 0 Å². The van der Waals surface area contributed by atoms with Crippen LogP contribution in [0.25, 0.3) is 0 Å². The Morgan fingerprint density at radius 3 is 2.56 bits per heavy atom. The molecule has 3 rings (SSSR count). The smallest absolute Gasteiger partial charge is 0.330 e. The van der Waals surface area contributed by atoms with Crippen molar-refractivity contribution in [1.82, 2.24) is 4.98 Å². The Hall–Kier alpha value is -2.93. The van der Waals surface area contributed by atoms with Gasteiger partial charge in [-0.2, -0.15) is 0 Å². The Bertz CT molecular complexity index is 887. The molecule has 0 aliphatic carbocycles. The summed E-state index contributed by atoms with van der Waals surface area (Å²) in [5, 5.41) is 11.1. The number of ether oxygens (including phenoxy) is 2. The molecule has 126 valence electrons. The number of benzene rings is 2. The first-order valence-corrected chi connectivity index (χ1v) is 8.15. The van der Waals surface area contributed by atoms with Gasteiger partial charge in [-0.15, -0.1) is 0 Å². The summed E-state index contributed by atoms with van der Waals surface area (Å²) in [6, 6.07) is 16.7. The van der Waals surface area contributed by atoms with Crippen molar-refractivity contribution in [3.8, 4) is 17.2 Å². The first kappa shape index (κ1) is 16.9. The highest BCUT2D eigenvalue weighted by Crippen LogP contribution is 2.37. The SMILES string of the molecule is O=[N+]([O-])c1cncc(Br)c1Oc1cccc(OCc2ccccc2)c1. The van der Waals surface area contributed by atoms with E-state index in [1.807, 2.05) is 30.3 Å². The molecule has 1 aromatic heterocycles. The van der Waals surface area contributed by atoms with Crippen LogP contribution >= 0.6 is 15.9 Å². The Kier molecular flexibility index (Phi) is 5.25. The van der Waals surface area contributed by atoms with Gasteiger partial charge in [0.2, 0.25) is 5.75 Å². The Balaban J connectivity index is 1.77. The van der Waals surface area contributed by atoms with Crippen molar-refractivity contribution in [3.05, 3.63) is 87.1 Å². The molecule has 0 atom stereocenters. The predicted octanol–water partition coefficient (Wildman–Crippen LogP) is 5.12. The van der Waals surface area contributed by atoms with Crippen molar-refractivity contribution >= 4 is 21.6 Å². The fourth-order valence-corrected chi connectivity index (χ4v) is 2.53. The third-order valence-electron chi connectivity index (χ3n) is 3.30. The van der Waals surface area contributed by atoms with Crippen molar-refractivity contribution in [2.75, 3.05) is 0 Å². The van der Waals surface area contributed by atoms with E-state index in [0.717, 1.165) is 11.8 Å². The minimum absolute atomic E-state index is 0.0974. The van der Waals surface area contributed by atoms with E-state index in [0.29, 0.717) is 22.6 Å². The molecular formula is C18H13BrN2O4. The van der Waals surface area contributed by atoms with E-state index in [1.54, 1.807) is 24.3 Å². The molecule has 25 heavy (non-hydrogen) atoms. The summed E-state index contributed by atoms with van der Waals surface area (Å²) in [6.07, 6.45) is 2.59. The second-order valence-electron chi connectivity index (χ2n) is 5.08. The summed E-state index contributed by atoms with van der Waals surface area (Å²) in [5.74, 6) is 1.13. The summed E-state index contributed by atoms with van der Waals surface area (Å²) in [6.45, 7) is 0.420. The van der Waals surface area contributed by atoms with Gasteiger partial charge in [0.05, 0.1) is 9.40 Å². The molecule has 0 saturated carbocycles. The van der Waals surface area contributed by atoms with E-state index in [-0.39, 0.29) is 11.4 Å². The minimum Gasteiger partial charge on any atom is -0.489 e. The Labute approximate surface area is 152 Å². The van der Waals surface area contributed by atoms with E-state index in [4.69, 9.17) is 9.47 Å². The first-order chi connectivity index (χ1) is 12.1. The molecule has 0 unspecified atom stereocenters. The fraction of sp³-hybridized carbons (Fsp3) is 0.0556. The van der Waals surface area contributed by atoms with E-state index in [2.05, 4.69) is 20.9 Å². The molecule has 1 heterocycles. The van der Waals surface area contributed by atoms with Gasteiger partial charge in [-0.3, -0.25) is 15.1 Å². The Morgan fingerprint density at radius 2 is 1.80 bits per heavy atom. The molecule has 0 fully saturated rings. The van der Waals surface area contributed by atoms with Gasteiger partial charge in [0.1, 0.15) is 24.3 Å². The lowest BCUT2D eigenvalue weighted by atomic mass is 10.2. The quantitative estimate of drug-likeness (QED) is 0.423. The number of aromatic nitrogens is 1. The van der Waals surface area contributed by atoms with Gasteiger partial charge in [-0.05, 0) is 33.6 Å². The average molecular weight is 401 g/mol. The zero-order chi connectivity index (χ0) is 17.6. The third kappa shape index (κ3) is 4.33. The zero-order valence-corrected chi connectivity index (χ0v) is 14.5. The number of pyridine rings is 1. The molecule has 6 nitrogen and oxygen atoms in total. The van der Waals surface area contributed by atoms with Crippen LogP contribution in [0.1, 0.15) is 5.56 Å². The summed E-state index contributed by atoms with van der Waals surface area (Å²) >= 11 is 3.23. The fourth-order valence-electron chi connectivity index (χ4n) is 2.13. The van der Waals surface area contributed by atoms with Crippen LogP contribution in [-0.4, -0.2) is 9.91 Å². The van der Waals surface area contributed by atoms with Crippen LogP contribution in [0.5, 0.6) is 17.2 Å². The molecule has 0 saturated heterocycles. The monoisotopic (exact) mass is 400 g/mol. The molecule has 7 heteroatoms. The van der Waals surface area contributed by atoms with Gasteiger partial charge in [0.25, 0.3) is 0 Å². The van der Waals surface area contributed by atoms with Gasteiger partial charge in [-0.1, -0.05) is 36.4 Å². The van der Waals surface area contributed by atoms with Crippen molar-refractivity contribution < 1.29 is 14.4 Å². The van der Waals surface area contributed by atoms with Crippen molar-refractivity contribution in [2.45, 2.75) is 6.61 Å². The zero-order valence-electron chi connectivity index (χ0n) is 13.0. The van der Waals surface area contributed by atoms with Crippen molar-refractivity contribution in [1.29, 1.82) is 0 Å². The second-order valence-corrected chi connectivity index (χ2v) is 5.93. The van der Waals surface area contributed by atoms with E-state index >= 15 is 0 Å². The van der Waals surface area contributed by atoms with Crippen LogP contribution in [0.2, 0.25) is 0 Å². The molecule has 0 radical (unpaired) electrons. The van der Waals surface area contributed by atoms with Gasteiger partial charge in [0, 0.05) is 12.3 Å².